The minimum Gasteiger partial charge on any atom is -0.478 e. The predicted molar refractivity (Wildman–Crippen MR) is 75.8 cm³/mol. The molecule has 1 rings (SSSR count). The molecule has 0 spiro atoms. The van der Waals surface area contributed by atoms with Gasteiger partial charge in [0.05, 0.1) is 5.56 Å². The normalized spacial score (nSPS) is 12.8. The van der Waals surface area contributed by atoms with Gasteiger partial charge in [-0.05, 0) is 51.9 Å². The molecule has 1 atom stereocenters. The van der Waals surface area contributed by atoms with Crippen LogP contribution in [0.25, 0.3) is 0 Å². The number of carboxylic acid groups (broad SMARTS) is 1. The molecular weight excluding hydrogens is 258 g/mol. The predicted octanol–water partition coefficient (Wildman–Crippen LogP) is 2.30. The number of aromatic carboxylic acids is 1. The lowest BCUT2D eigenvalue weighted by atomic mass is 9.96. The van der Waals surface area contributed by atoms with E-state index < -0.39 is 23.6 Å². The van der Waals surface area contributed by atoms with Crippen LogP contribution in [0.5, 0.6) is 0 Å². The Morgan fingerprint density at radius 1 is 1.30 bits per heavy atom. The Bertz CT molecular complexity index is 517. The number of rotatable bonds is 4. The summed E-state index contributed by atoms with van der Waals surface area (Å²) in [6.45, 7) is 7.06. The minimum absolute atomic E-state index is 0.186. The number of carboxylic acids is 1. The molecule has 0 fully saturated rings. The lowest BCUT2D eigenvalue weighted by Crippen LogP contribution is -2.34. The molecule has 0 amide bonds. The highest BCUT2D eigenvalue weighted by atomic mass is 16.6. The number of hydrogen-bond acceptors (Lipinski definition) is 4. The summed E-state index contributed by atoms with van der Waals surface area (Å²) < 4.78 is 5.35. The van der Waals surface area contributed by atoms with E-state index in [1.165, 1.54) is 6.07 Å². The third-order valence-corrected chi connectivity index (χ3v) is 2.85. The molecule has 0 radical (unpaired) electrons. The van der Waals surface area contributed by atoms with Crippen molar-refractivity contribution in [2.45, 2.75) is 39.3 Å². The van der Waals surface area contributed by atoms with Crippen molar-refractivity contribution in [3.8, 4) is 0 Å². The molecule has 0 aromatic heterocycles. The fourth-order valence-electron chi connectivity index (χ4n) is 1.96. The zero-order chi connectivity index (χ0) is 15.5. The number of carbonyl (C=O) groups is 2. The quantitative estimate of drug-likeness (QED) is 0.827. The molecule has 0 heterocycles. The summed E-state index contributed by atoms with van der Waals surface area (Å²) in [6, 6.07) is 4.18. The zero-order valence-corrected chi connectivity index (χ0v) is 12.5. The van der Waals surface area contributed by atoms with Crippen molar-refractivity contribution in [2.24, 2.45) is 0 Å². The largest absolute Gasteiger partial charge is 0.478 e. The summed E-state index contributed by atoms with van der Waals surface area (Å²) in [5.41, 5.74) is 0.767. The highest BCUT2D eigenvalue weighted by molar-refractivity contribution is 5.90. The van der Waals surface area contributed by atoms with Crippen molar-refractivity contribution < 1.29 is 19.4 Å². The fourth-order valence-corrected chi connectivity index (χ4v) is 1.96. The monoisotopic (exact) mass is 279 g/mol. The van der Waals surface area contributed by atoms with Crippen LogP contribution in [0, 0.1) is 6.92 Å². The Morgan fingerprint density at radius 3 is 2.35 bits per heavy atom. The van der Waals surface area contributed by atoms with Gasteiger partial charge in [-0.1, -0.05) is 12.1 Å². The van der Waals surface area contributed by atoms with Gasteiger partial charge in [-0.2, -0.15) is 0 Å². The van der Waals surface area contributed by atoms with E-state index in [1.807, 2.05) is 0 Å². The van der Waals surface area contributed by atoms with Crippen LogP contribution in [0.3, 0.4) is 0 Å². The van der Waals surface area contributed by atoms with E-state index in [4.69, 9.17) is 9.84 Å². The Kier molecular flexibility index (Phi) is 4.89. The average Bonchev–Trinajstić information content (AvgIpc) is 2.29. The maximum atomic E-state index is 12.2. The second kappa shape index (κ2) is 6.05. The molecular formula is C15H21NO4. The summed E-state index contributed by atoms with van der Waals surface area (Å²) in [5, 5.41) is 12.0. The maximum Gasteiger partial charge on any atom is 0.335 e. The molecule has 0 saturated carbocycles. The van der Waals surface area contributed by atoms with Gasteiger partial charge in [-0.25, -0.2) is 9.59 Å². The third kappa shape index (κ3) is 3.81. The topological polar surface area (TPSA) is 75.6 Å². The molecule has 0 aliphatic heterocycles. The molecule has 1 unspecified atom stereocenters. The van der Waals surface area contributed by atoms with E-state index in [1.54, 1.807) is 46.9 Å². The second-order valence-corrected chi connectivity index (χ2v) is 5.58. The first-order chi connectivity index (χ1) is 9.17. The summed E-state index contributed by atoms with van der Waals surface area (Å²) >= 11 is 0. The second-order valence-electron chi connectivity index (χ2n) is 5.58. The van der Waals surface area contributed by atoms with E-state index in [9.17, 15) is 9.59 Å². The van der Waals surface area contributed by atoms with Gasteiger partial charge in [0.25, 0.3) is 0 Å². The molecule has 0 bridgehead atoms. The van der Waals surface area contributed by atoms with Gasteiger partial charge in [0.1, 0.15) is 11.6 Å². The van der Waals surface area contributed by atoms with Crippen molar-refractivity contribution in [2.75, 3.05) is 7.05 Å². The first-order valence-electron chi connectivity index (χ1n) is 6.40. The van der Waals surface area contributed by atoms with Crippen LogP contribution in [-0.2, 0) is 9.53 Å². The van der Waals surface area contributed by atoms with Crippen molar-refractivity contribution in [1.29, 1.82) is 0 Å². The van der Waals surface area contributed by atoms with Crippen molar-refractivity contribution >= 4 is 11.9 Å². The van der Waals surface area contributed by atoms with Gasteiger partial charge in [0.2, 0.25) is 0 Å². The van der Waals surface area contributed by atoms with Crippen LogP contribution in [-0.4, -0.2) is 29.7 Å². The van der Waals surface area contributed by atoms with Crippen LogP contribution in [0.4, 0.5) is 0 Å². The molecule has 1 aromatic rings. The Labute approximate surface area is 118 Å². The molecule has 0 aliphatic carbocycles. The van der Waals surface area contributed by atoms with Gasteiger partial charge in [-0.3, -0.25) is 0 Å². The van der Waals surface area contributed by atoms with Crippen molar-refractivity contribution in [3.05, 3.63) is 34.9 Å². The maximum absolute atomic E-state index is 12.2. The average molecular weight is 279 g/mol. The minimum atomic E-state index is -1.01. The van der Waals surface area contributed by atoms with Crippen molar-refractivity contribution in [1.82, 2.24) is 5.32 Å². The molecule has 110 valence electrons. The van der Waals surface area contributed by atoms with E-state index in [0.29, 0.717) is 11.1 Å². The Hall–Kier alpha value is -1.88. The van der Waals surface area contributed by atoms with E-state index in [2.05, 4.69) is 5.32 Å². The smallest absolute Gasteiger partial charge is 0.335 e. The third-order valence-electron chi connectivity index (χ3n) is 2.85. The number of carbonyl (C=O) groups excluding carboxylic acids is 1. The highest BCUT2D eigenvalue weighted by Crippen LogP contribution is 2.23. The van der Waals surface area contributed by atoms with Gasteiger partial charge in [0.15, 0.2) is 0 Å². The summed E-state index contributed by atoms with van der Waals surface area (Å²) in [5.74, 6) is -1.44. The van der Waals surface area contributed by atoms with Gasteiger partial charge in [-0.15, -0.1) is 0 Å². The van der Waals surface area contributed by atoms with Gasteiger partial charge in [0, 0.05) is 0 Å². The summed E-state index contributed by atoms with van der Waals surface area (Å²) in [6.07, 6.45) is 0. The molecule has 2 N–H and O–H groups in total. The number of ether oxygens (including phenoxy) is 1. The van der Waals surface area contributed by atoms with E-state index in [0.717, 1.165) is 0 Å². The first-order valence-corrected chi connectivity index (χ1v) is 6.40. The van der Waals surface area contributed by atoms with Gasteiger partial charge < -0.3 is 15.2 Å². The lowest BCUT2D eigenvalue weighted by Gasteiger charge is -2.25. The molecule has 0 saturated heterocycles. The van der Waals surface area contributed by atoms with Crippen LogP contribution in [0.1, 0.15) is 48.3 Å². The summed E-state index contributed by atoms with van der Waals surface area (Å²) in [7, 11) is 1.64. The first kappa shape index (κ1) is 16.2. The zero-order valence-electron chi connectivity index (χ0n) is 12.5. The standard InChI is InChI=1S/C15H21NO4/c1-9-10(7-6-8-11(9)13(17)18)12(16-5)14(19)20-15(2,3)4/h6-8,12,16H,1-5H3,(H,17,18). The summed E-state index contributed by atoms with van der Waals surface area (Å²) in [4.78, 5) is 23.3. The van der Waals surface area contributed by atoms with Crippen molar-refractivity contribution in [3.63, 3.8) is 0 Å². The molecule has 0 aliphatic rings. The number of likely N-dealkylation sites (N-methyl/N-ethyl adjacent to an activating group) is 1. The number of hydrogen-bond donors (Lipinski definition) is 2. The SMILES string of the molecule is CNC(C(=O)OC(C)(C)C)c1cccc(C(=O)O)c1C. The van der Waals surface area contributed by atoms with Crippen LogP contribution >= 0.6 is 0 Å². The van der Waals surface area contributed by atoms with Crippen LogP contribution in [0.2, 0.25) is 0 Å². The number of nitrogens with one attached hydrogen (secondary N) is 1. The lowest BCUT2D eigenvalue weighted by molar-refractivity contribution is -0.157. The van der Waals surface area contributed by atoms with E-state index >= 15 is 0 Å². The fraction of sp³-hybridized carbons (Fsp3) is 0.467. The number of benzene rings is 1. The molecule has 5 heteroatoms. The molecule has 20 heavy (non-hydrogen) atoms. The Balaban J connectivity index is 3.16. The van der Waals surface area contributed by atoms with Crippen LogP contribution in [0.15, 0.2) is 18.2 Å². The Morgan fingerprint density at radius 2 is 1.90 bits per heavy atom. The molecule has 1 aromatic carbocycles. The molecule has 5 nitrogen and oxygen atoms in total. The highest BCUT2D eigenvalue weighted by Gasteiger charge is 2.27. The van der Waals surface area contributed by atoms with Gasteiger partial charge >= 0.3 is 11.9 Å². The van der Waals surface area contributed by atoms with Crippen LogP contribution < -0.4 is 5.32 Å². The van der Waals surface area contributed by atoms with E-state index in [-0.39, 0.29) is 5.56 Å². The number of esters is 1.